The molecule has 1 amide bonds. The van der Waals surface area contributed by atoms with Crippen LogP contribution in [0.15, 0.2) is 0 Å². The van der Waals surface area contributed by atoms with Crippen LogP contribution in [-0.2, 0) is 4.74 Å². The van der Waals surface area contributed by atoms with E-state index in [1.165, 1.54) is 6.42 Å². The van der Waals surface area contributed by atoms with Crippen molar-refractivity contribution >= 4 is 6.09 Å². The summed E-state index contributed by atoms with van der Waals surface area (Å²) >= 11 is 0. The van der Waals surface area contributed by atoms with Crippen LogP contribution >= 0.6 is 0 Å². The van der Waals surface area contributed by atoms with E-state index in [-0.39, 0.29) is 17.6 Å². The fourth-order valence-electron chi connectivity index (χ4n) is 2.52. The van der Waals surface area contributed by atoms with Crippen molar-refractivity contribution < 1.29 is 9.53 Å². The molecule has 3 nitrogen and oxygen atoms in total. The van der Waals surface area contributed by atoms with Gasteiger partial charge in [-0.15, -0.1) is 12.3 Å². The zero-order chi connectivity index (χ0) is 13.8. The minimum Gasteiger partial charge on any atom is -0.444 e. The van der Waals surface area contributed by atoms with E-state index in [0.29, 0.717) is 0 Å². The predicted molar refractivity (Wildman–Crippen MR) is 73.2 cm³/mol. The quantitative estimate of drug-likeness (QED) is 0.763. The molecule has 1 rings (SSSR count). The largest absolute Gasteiger partial charge is 0.444 e. The average Bonchev–Trinajstić information content (AvgIpc) is 2.26. The minimum absolute atomic E-state index is 0.0327. The van der Waals surface area contributed by atoms with Crippen molar-refractivity contribution in [3.63, 3.8) is 0 Å². The Morgan fingerprint density at radius 1 is 1.33 bits per heavy atom. The summed E-state index contributed by atoms with van der Waals surface area (Å²) in [4.78, 5) is 12.0. The van der Waals surface area contributed by atoms with Crippen molar-refractivity contribution in [1.29, 1.82) is 0 Å². The van der Waals surface area contributed by atoms with Gasteiger partial charge in [0.1, 0.15) is 5.60 Å². The van der Waals surface area contributed by atoms with E-state index in [9.17, 15) is 4.79 Å². The maximum Gasteiger partial charge on any atom is 0.408 e. The molecule has 0 saturated heterocycles. The first-order valence-corrected chi connectivity index (χ1v) is 6.76. The second-order valence-corrected chi connectivity index (χ2v) is 6.23. The van der Waals surface area contributed by atoms with Gasteiger partial charge in [-0.05, 0) is 40.5 Å². The van der Waals surface area contributed by atoms with Crippen molar-refractivity contribution in [3.8, 4) is 12.3 Å². The number of carbonyl (C=O) groups excluding carboxylic acids is 1. The molecule has 0 spiro atoms. The number of nitrogens with one attached hydrogen (secondary N) is 1. The number of amides is 1. The number of hydrogen-bond donors (Lipinski definition) is 1. The zero-order valence-corrected chi connectivity index (χ0v) is 12.0. The molecular formula is C15H25NO2. The van der Waals surface area contributed by atoms with E-state index in [4.69, 9.17) is 11.2 Å². The van der Waals surface area contributed by atoms with Crippen LogP contribution in [0, 0.1) is 18.3 Å². The van der Waals surface area contributed by atoms with Crippen LogP contribution in [-0.4, -0.2) is 17.2 Å². The highest BCUT2D eigenvalue weighted by Crippen LogP contribution is 2.34. The highest BCUT2D eigenvalue weighted by Gasteiger charge is 2.39. The summed E-state index contributed by atoms with van der Waals surface area (Å²) in [6.45, 7) is 7.60. The molecular weight excluding hydrogens is 226 g/mol. The molecule has 0 aromatic rings. The first-order valence-electron chi connectivity index (χ1n) is 6.76. The molecule has 1 aliphatic rings. The first-order chi connectivity index (χ1) is 8.29. The summed E-state index contributed by atoms with van der Waals surface area (Å²) < 4.78 is 5.34. The standard InChI is InChI=1S/C15H25NO2/c1-6-12(2)15(10-8-7-9-11-15)16-13(17)18-14(3,4)5/h1,12H,7-11H2,2-5H3,(H,16,17). The molecule has 0 bridgehead atoms. The number of hydrogen-bond acceptors (Lipinski definition) is 2. The van der Waals surface area contributed by atoms with E-state index < -0.39 is 5.60 Å². The van der Waals surface area contributed by atoms with Crippen LogP contribution in [0.3, 0.4) is 0 Å². The molecule has 1 fully saturated rings. The molecule has 0 heterocycles. The number of ether oxygens (including phenoxy) is 1. The summed E-state index contributed by atoms with van der Waals surface area (Å²) in [7, 11) is 0. The van der Waals surface area contributed by atoms with Gasteiger partial charge >= 0.3 is 6.09 Å². The van der Waals surface area contributed by atoms with Crippen LogP contribution in [0.4, 0.5) is 4.79 Å². The summed E-state index contributed by atoms with van der Waals surface area (Å²) in [5.74, 6) is 2.81. The van der Waals surface area contributed by atoms with Crippen LogP contribution < -0.4 is 5.32 Å². The van der Waals surface area contributed by atoms with Gasteiger partial charge in [-0.25, -0.2) is 4.79 Å². The topological polar surface area (TPSA) is 38.3 Å². The molecule has 3 heteroatoms. The lowest BCUT2D eigenvalue weighted by molar-refractivity contribution is 0.0391. The van der Waals surface area contributed by atoms with Crippen molar-refractivity contribution in [2.45, 2.75) is 70.9 Å². The zero-order valence-electron chi connectivity index (χ0n) is 12.0. The van der Waals surface area contributed by atoms with Gasteiger partial charge in [0, 0.05) is 5.92 Å². The van der Waals surface area contributed by atoms with Crippen molar-refractivity contribution in [3.05, 3.63) is 0 Å². The van der Waals surface area contributed by atoms with Gasteiger partial charge < -0.3 is 10.1 Å². The Hall–Kier alpha value is -1.17. The van der Waals surface area contributed by atoms with Crippen molar-refractivity contribution in [2.24, 2.45) is 5.92 Å². The Morgan fingerprint density at radius 2 is 1.89 bits per heavy atom. The highest BCUT2D eigenvalue weighted by molar-refractivity contribution is 5.69. The van der Waals surface area contributed by atoms with Crippen LogP contribution in [0.25, 0.3) is 0 Å². The number of rotatable bonds is 2. The Labute approximate surface area is 111 Å². The Bertz CT molecular complexity index is 329. The van der Waals surface area contributed by atoms with E-state index in [0.717, 1.165) is 25.7 Å². The second-order valence-electron chi connectivity index (χ2n) is 6.23. The van der Waals surface area contributed by atoms with Gasteiger partial charge in [-0.2, -0.15) is 0 Å². The van der Waals surface area contributed by atoms with E-state index in [1.807, 2.05) is 27.7 Å². The minimum atomic E-state index is -0.473. The first kappa shape index (κ1) is 14.9. The molecule has 1 aliphatic carbocycles. The molecule has 0 aromatic heterocycles. The fourth-order valence-corrected chi connectivity index (χ4v) is 2.52. The van der Waals surface area contributed by atoms with Gasteiger partial charge in [0.05, 0.1) is 5.54 Å². The van der Waals surface area contributed by atoms with Gasteiger partial charge in [0.2, 0.25) is 0 Å². The molecule has 18 heavy (non-hydrogen) atoms. The average molecular weight is 251 g/mol. The molecule has 102 valence electrons. The van der Waals surface area contributed by atoms with Crippen LogP contribution in [0.5, 0.6) is 0 Å². The molecule has 0 aromatic carbocycles. The predicted octanol–water partition coefficient (Wildman–Crippen LogP) is 3.48. The van der Waals surface area contributed by atoms with E-state index in [2.05, 4.69) is 11.2 Å². The van der Waals surface area contributed by atoms with Gasteiger partial charge in [-0.1, -0.05) is 19.3 Å². The molecule has 0 aliphatic heterocycles. The smallest absolute Gasteiger partial charge is 0.408 e. The molecule has 1 atom stereocenters. The molecule has 1 saturated carbocycles. The van der Waals surface area contributed by atoms with E-state index >= 15 is 0 Å². The summed E-state index contributed by atoms with van der Waals surface area (Å²) in [6.07, 6.45) is 10.5. The summed E-state index contributed by atoms with van der Waals surface area (Å²) in [6, 6.07) is 0. The number of terminal acetylenes is 1. The third kappa shape index (κ3) is 3.94. The summed E-state index contributed by atoms with van der Waals surface area (Å²) in [5, 5.41) is 3.04. The van der Waals surface area contributed by atoms with Gasteiger partial charge in [0.25, 0.3) is 0 Å². The van der Waals surface area contributed by atoms with Crippen molar-refractivity contribution in [2.75, 3.05) is 0 Å². The monoisotopic (exact) mass is 251 g/mol. The second kappa shape index (κ2) is 5.65. The molecule has 0 radical (unpaired) electrons. The Balaban J connectivity index is 2.74. The normalized spacial score (nSPS) is 20.6. The third-order valence-corrected chi connectivity index (χ3v) is 3.57. The fraction of sp³-hybridized carbons (Fsp3) is 0.800. The van der Waals surface area contributed by atoms with Crippen LogP contribution in [0.2, 0.25) is 0 Å². The van der Waals surface area contributed by atoms with E-state index in [1.54, 1.807) is 0 Å². The lowest BCUT2D eigenvalue weighted by Crippen LogP contribution is -2.54. The number of carbonyl (C=O) groups is 1. The Morgan fingerprint density at radius 3 is 2.33 bits per heavy atom. The maximum atomic E-state index is 12.0. The summed E-state index contributed by atoms with van der Waals surface area (Å²) in [5.41, 5.74) is -0.755. The highest BCUT2D eigenvalue weighted by atomic mass is 16.6. The maximum absolute atomic E-state index is 12.0. The SMILES string of the molecule is C#CC(C)C1(NC(=O)OC(C)(C)C)CCCCC1. The lowest BCUT2D eigenvalue weighted by Gasteiger charge is -2.41. The molecule has 1 unspecified atom stereocenters. The van der Waals surface area contributed by atoms with Crippen molar-refractivity contribution in [1.82, 2.24) is 5.32 Å². The Kier molecular flexibility index (Phi) is 4.67. The molecule has 1 N–H and O–H groups in total. The van der Waals surface area contributed by atoms with Crippen LogP contribution in [0.1, 0.15) is 59.8 Å². The third-order valence-electron chi connectivity index (χ3n) is 3.57. The lowest BCUT2D eigenvalue weighted by atomic mass is 9.74. The number of alkyl carbamates (subject to hydrolysis) is 1. The van der Waals surface area contributed by atoms with Gasteiger partial charge in [0.15, 0.2) is 0 Å². The van der Waals surface area contributed by atoms with Gasteiger partial charge in [-0.3, -0.25) is 0 Å².